The van der Waals surface area contributed by atoms with Gasteiger partial charge in [-0.15, -0.1) is 0 Å². The maximum absolute atomic E-state index is 13.0. The number of benzene rings is 1. The van der Waals surface area contributed by atoms with Crippen molar-refractivity contribution in [2.75, 3.05) is 18.5 Å². The second kappa shape index (κ2) is 4.18. The van der Waals surface area contributed by atoms with Crippen LogP contribution in [0.5, 0.6) is 0 Å². The minimum atomic E-state index is -0.507. The predicted molar refractivity (Wildman–Crippen MR) is 46.7 cm³/mol. The molecular weight excluding hydrogens is 176 g/mol. The molecule has 72 valence electrons. The minimum absolute atomic E-state index is 0.0807. The zero-order chi connectivity index (χ0) is 9.84. The van der Waals surface area contributed by atoms with Crippen LogP contribution in [-0.2, 0) is 0 Å². The summed E-state index contributed by atoms with van der Waals surface area (Å²) in [6.07, 6.45) is 0. The van der Waals surface area contributed by atoms with Crippen LogP contribution in [0.15, 0.2) is 12.1 Å². The molecule has 0 aliphatic heterocycles. The molecule has 0 atom stereocenters. The van der Waals surface area contributed by atoms with Gasteiger partial charge in [0.15, 0.2) is 0 Å². The Labute approximate surface area is 75.2 Å². The highest BCUT2D eigenvalue weighted by Gasteiger charge is 2.05. The summed E-state index contributed by atoms with van der Waals surface area (Å²) in [6, 6.07) is 2.20. The Kier molecular flexibility index (Phi) is 3.19. The van der Waals surface area contributed by atoms with Gasteiger partial charge >= 0.3 is 0 Å². The molecule has 0 heterocycles. The van der Waals surface area contributed by atoms with Crippen LogP contribution in [0.2, 0.25) is 0 Å². The number of hydrogen-bond acceptors (Lipinski definition) is 2. The van der Waals surface area contributed by atoms with Crippen molar-refractivity contribution in [2.45, 2.75) is 6.92 Å². The second-order valence-corrected chi connectivity index (χ2v) is 2.73. The van der Waals surface area contributed by atoms with Crippen LogP contribution in [-0.4, -0.2) is 18.3 Å². The first-order chi connectivity index (χ1) is 6.15. The van der Waals surface area contributed by atoms with Crippen LogP contribution >= 0.6 is 0 Å². The molecule has 0 bridgehead atoms. The average molecular weight is 187 g/mol. The second-order valence-electron chi connectivity index (χ2n) is 2.73. The van der Waals surface area contributed by atoms with E-state index in [0.717, 1.165) is 12.1 Å². The van der Waals surface area contributed by atoms with E-state index in [1.54, 1.807) is 0 Å². The van der Waals surface area contributed by atoms with Crippen molar-refractivity contribution >= 4 is 5.69 Å². The van der Waals surface area contributed by atoms with E-state index in [2.05, 4.69) is 5.32 Å². The fraction of sp³-hybridized carbons (Fsp3) is 0.333. The Balaban J connectivity index is 2.88. The van der Waals surface area contributed by atoms with Crippen molar-refractivity contribution in [3.8, 4) is 0 Å². The summed E-state index contributed by atoms with van der Waals surface area (Å²) in [5, 5.41) is 11.0. The first-order valence-corrected chi connectivity index (χ1v) is 3.95. The molecule has 0 unspecified atom stereocenters. The van der Waals surface area contributed by atoms with Crippen LogP contribution < -0.4 is 5.32 Å². The number of aryl methyl sites for hydroxylation is 1. The maximum Gasteiger partial charge on any atom is 0.146 e. The standard InChI is InChI=1S/C9H11F2NO/c1-6-4-8(11)9(5-7(6)10)12-2-3-13/h4-5,12-13H,2-3H2,1H3. The van der Waals surface area contributed by atoms with Crippen LogP contribution in [0, 0.1) is 18.6 Å². The first-order valence-electron chi connectivity index (χ1n) is 3.95. The van der Waals surface area contributed by atoms with E-state index in [4.69, 9.17) is 5.11 Å². The van der Waals surface area contributed by atoms with Crippen LogP contribution in [0.3, 0.4) is 0 Å². The van der Waals surface area contributed by atoms with Gasteiger partial charge < -0.3 is 10.4 Å². The van der Waals surface area contributed by atoms with E-state index < -0.39 is 11.6 Å². The van der Waals surface area contributed by atoms with E-state index in [1.807, 2.05) is 0 Å². The van der Waals surface area contributed by atoms with E-state index in [-0.39, 0.29) is 24.4 Å². The summed E-state index contributed by atoms with van der Waals surface area (Å²) in [6.45, 7) is 1.59. The van der Waals surface area contributed by atoms with Gasteiger partial charge in [0, 0.05) is 12.6 Å². The molecule has 0 aromatic heterocycles. The molecule has 1 aromatic rings. The van der Waals surface area contributed by atoms with Crippen LogP contribution in [0.1, 0.15) is 5.56 Å². The summed E-state index contributed by atoms with van der Waals surface area (Å²) in [7, 11) is 0. The summed E-state index contributed by atoms with van der Waals surface area (Å²) < 4.78 is 26.0. The average Bonchev–Trinajstić information content (AvgIpc) is 2.09. The Hall–Kier alpha value is -1.16. The van der Waals surface area contributed by atoms with Crippen molar-refractivity contribution in [2.24, 2.45) is 0 Å². The zero-order valence-electron chi connectivity index (χ0n) is 7.27. The first kappa shape index (κ1) is 9.92. The number of rotatable bonds is 3. The van der Waals surface area contributed by atoms with Gasteiger partial charge in [-0.1, -0.05) is 0 Å². The van der Waals surface area contributed by atoms with E-state index in [9.17, 15) is 8.78 Å². The molecule has 0 fully saturated rings. The normalized spacial score (nSPS) is 10.2. The lowest BCUT2D eigenvalue weighted by atomic mass is 10.2. The summed E-state index contributed by atoms with van der Waals surface area (Å²) in [5.41, 5.74) is 0.351. The molecule has 2 nitrogen and oxygen atoms in total. The van der Waals surface area contributed by atoms with Gasteiger partial charge in [-0.25, -0.2) is 8.78 Å². The third-order valence-electron chi connectivity index (χ3n) is 1.68. The van der Waals surface area contributed by atoms with Gasteiger partial charge in [0.1, 0.15) is 11.6 Å². The lowest BCUT2D eigenvalue weighted by Gasteiger charge is -2.06. The molecule has 0 saturated carbocycles. The van der Waals surface area contributed by atoms with Crippen molar-refractivity contribution in [1.82, 2.24) is 0 Å². The number of halogens is 2. The van der Waals surface area contributed by atoms with Crippen molar-refractivity contribution in [1.29, 1.82) is 0 Å². The van der Waals surface area contributed by atoms with Gasteiger partial charge in [0.05, 0.1) is 12.3 Å². The maximum atomic E-state index is 13.0. The highest BCUT2D eigenvalue weighted by Crippen LogP contribution is 2.18. The van der Waals surface area contributed by atoms with Crippen LogP contribution in [0.4, 0.5) is 14.5 Å². The lowest BCUT2D eigenvalue weighted by Crippen LogP contribution is -2.07. The molecule has 0 aliphatic carbocycles. The SMILES string of the molecule is Cc1cc(F)c(NCCO)cc1F. The van der Waals surface area contributed by atoms with Gasteiger partial charge in [-0.2, -0.15) is 0 Å². The monoisotopic (exact) mass is 187 g/mol. The molecule has 0 amide bonds. The topological polar surface area (TPSA) is 32.3 Å². The molecule has 0 radical (unpaired) electrons. The molecule has 2 N–H and O–H groups in total. The van der Waals surface area contributed by atoms with Crippen molar-refractivity contribution in [3.05, 3.63) is 29.3 Å². The number of aliphatic hydroxyl groups excluding tert-OH is 1. The molecule has 1 rings (SSSR count). The Morgan fingerprint density at radius 2 is 2.00 bits per heavy atom. The smallest absolute Gasteiger partial charge is 0.146 e. The highest BCUT2D eigenvalue weighted by molar-refractivity contribution is 5.46. The highest BCUT2D eigenvalue weighted by atomic mass is 19.1. The Morgan fingerprint density at radius 3 is 2.62 bits per heavy atom. The number of anilines is 1. The molecule has 0 spiro atoms. The molecule has 4 heteroatoms. The number of nitrogens with one attached hydrogen (secondary N) is 1. The quantitative estimate of drug-likeness (QED) is 0.754. The summed E-state index contributed by atoms with van der Waals surface area (Å²) in [5.74, 6) is -0.964. The van der Waals surface area contributed by atoms with Gasteiger partial charge in [-0.05, 0) is 18.6 Å². The summed E-state index contributed by atoms with van der Waals surface area (Å²) in [4.78, 5) is 0. The number of aliphatic hydroxyl groups is 1. The van der Waals surface area contributed by atoms with Crippen molar-refractivity contribution < 1.29 is 13.9 Å². The fourth-order valence-electron chi connectivity index (χ4n) is 0.972. The third kappa shape index (κ3) is 2.39. The third-order valence-corrected chi connectivity index (χ3v) is 1.68. The number of hydrogen-bond donors (Lipinski definition) is 2. The summed E-state index contributed by atoms with van der Waals surface area (Å²) >= 11 is 0. The fourth-order valence-corrected chi connectivity index (χ4v) is 0.972. The van der Waals surface area contributed by atoms with E-state index in [0.29, 0.717) is 0 Å². The van der Waals surface area contributed by atoms with Gasteiger partial charge in [-0.3, -0.25) is 0 Å². The predicted octanol–water partition coefficient (Wildman–Crippen LogP) is 1.68. The molecule has 13 heavy (non-hydrogen) atoms. The van der Waals surface area contributed by atoms with Gasteiger partial charge in [0.25, 0.3) is 0 Å². The lowest BCUT2D eigenvalue weighted by molar-refractivity contribution is 0.311. The zero-order valence-corrected chi connectivity index (χ0v) is 7.27. The van der Waals surface area contributed by atoms with Gasteiger partial charge in [0.2, 0.25) is 0 Å². The van der Waals surface area contributed by atoms with E-state index >= 15 is 0 Å². The molecule has 0 aliphatic rings. The largest absolute Gasteiger partial charge is 0.395 e. The Morgan fingerprint density at radius 1 is 1.31 bits per heavy atom. The minimum Gasteiger partial charge on any atom is -0.395 e. The van der Waals surface area contributed by atoms with Crippen LogP contribution in [0.25, 0.3) is 0 Å². The van der Waals surface area contributed by atoms with Crippen molar-refractivity contribution in [3.63, 3.8) is 0 Å². The molecule has 0 saturated heterocycles. The molecular formula is C9H11F2NO. The Bertz CT molecular complexity index is 302. The molecule has 1 aromatic carbocycles. The van der Waals surface area contributed by atoms with E-state index in [1.165, 1.54) is 6.92 Å².